The lowest BCUT2D eigenvalue weighted by Crippen LogP contribution is -2.35. The summed E-state index contributed by atoms with van der Waals surface area (Å²) in [7, 11) is 0. The minimum Gasteiger partial charge on any atom is -0.393 e. The fourth-order valence-corrected chi connectivity index (χ4v) is 6.31. The molecule has 2 atom stereocenters. The molecule has 0 radical (unpaired) electrons. The first kappa shape index (κ1) is 17.7. The Balaban J connectivity index is 1.46. The zero-order valence-electron chi connectivity index (χ0n) is 16.6. The Bertz CT molecular complexity index is 1010. The van der Waals surface area contributed by atoms with Gasteiger partial charge in [0.1, 0.15) is 12.0 Å². The van der Waals surface area contributed by atoms with Crippen LogP contribution in [0.4, 0.5) is 22.5 Å². The lowest BCUT2D eigenvalue weighted by atomic mass is 9.65. The van der Waals surface area contributed by atoms with E-state index in [4.69, 9.17) is 5.73 Å². The maximum atomic E-state index is 6.55. The monoisotopic (exact) mass is 394 g/mol. The number of aromatic nitrogens is 3. The molecule has 6 nitrogen and oxygen atoms in total. The summed E-state index contributed by atoms with van der Waals surface area (Å²) in [4.78, 5) is 16.0. The number of nitrogen functional groups attached to an aromatic ring is 1. The molecule has 146 valence electrons. The quantitative estimate of drug-likeness (QED) is 0.663. The van der Waals surface area contributed by atoms with Crippen molar-refractivity contribution in [2.75, 3.05) is 22.5 Å². The fraction of sp³-hybridized carbons (Fsp3) is 0.476. The molecule has 3 heterocycles. The Morgan fingerprint density at radius 3 is 2.82 bits per heavy atom. The Morgan fingerprint density at radius 1 is 1.18 bits per heavy atom. The molecule has 0 amide bonds. The second kappa shape index (κ2) is 6.04. The van der Waals surface area contributed by atoms with Crippen molar-refractivity contribution in [3.05, 3.63) is 30.6 Å². The van der Waals surface area contributed by atoms with E-state index in [0.717, 1.165) is 27.7 Å². The summed E-state index contributed by atoms with van der Waals surface area (Å²) in [5.41, 5.74) is 8.81. The highest BCUT2D eigenvalue weighted by Crippen LogP contribution is 2.54. The van der Waals surface area contributed by atoms with Crippen molar-refractivity contribution >= 4 is 44.0 Å². The average molecular weight is 395 g/mol. The van der Waals surface area contributed by atoms with Gasteiger partial charge in [-0.05, 0) is 42.2 Å². The number of hydrogen-bond donors (Lipinski definition) is 2. The van der Waals surface area contributed by atoms with E-state index in [2.05, 4.69) is 52.0 Å². The van der Waals surface area contributed by atoms with Gasteiger partial charge >= 0.3 is 0 Å². The number of para-hydroxylation sites is 1. The van der Waals surface area contributed by atoms with Gasteiger partial charge in [0.25, 0.3) is 0 Å². The second-order valence-electron chi connectivity index (χ2n) is 9.41. The van der Waals surface area contributed by atoms with Gasteiger partial charge in [-0.3, -0.25) is 0 Å². The second-order valence-corrected chi connectivity index (χ2v) is 10.4. The smallest absolute Gasteiger partial charge is 0.189 e. The van der Waals surface area contributed by atoms with Crippen LogP contribution < -0.4 is 16.0 Å². The first-order chi connectivity index (χ1) is 13.3. The molecule has 2 fully saturated rings. The highest BCUT2D eigenvalue weighted by Gasteiger charge is 2.50. The predicted octanol–water partition coefficient (Wildman–Crippen LogP) is 4.82. The number of fused-ring (bicyclic) bond motifs is 3. The summed E-state index contributed by atoms with van der Waals surface area (Å²) in [6.45, 7) is 8.16. The highest BCUT2D eigenvalue weighted by molar-refractivity contribution is 7.22. The molecule has 2 aromatic heterocycles. The van der Waals surface area contributed by atoms with E-state index in [-0.39, 0.29) is 0 Å². The van der Waals surface area contributed by atoms with Gasteiger partial charge in [0.2, 0.25) is 0 Å². The molecule has 7 heteroatoms. The largest absolute Gasteiger partial charge is 0.393 e. The molecule has 5 rings (SSSR count). The fourth-order valence-electron chi connectivity index (χ4n) is 5.45. The number of nitrogens with zero attached hydrogens (tertiary/aromatic N) is 4. The standard InChI is InChI=1S/C21H26N6S/c1-20(2)8-13-9-21(3,10-20)11-27(13)18-16(22)17(23-12-24-18)26-19-25-14-6-4-5-7-15(14)28-19/h4-7,12-13H,8-11,22H2,1-3H3,(H,23,24,25,26). The van der Waals surface area contributed by atoms with Crippen molar-refractivity contribution in [1.29, 1.82) is 0 Å². The van der Waals surface area contributed by atoms with E-state index in [1.54, 1.807) is 17.7 Å². The lowest BCUT2D eigenvalue weighted by molar-refractivity contribution is 0.136. The first-order valence-electron chi connectivity index (χ1n) is 9.82. The molecule has 1 saturated carbocycles. The van der Waals surface area contributed by atoms with Gasteiger partial charge in [-0.1, -0.05) is 44.2 Å². The van der Waals surface area contributed by atoms with Crippen molar-refractivity contribution in [2.24, 2.45) is 10.8 Å². The molecular weight excluding hydrogens is 368 g/mol. The molecular formula is C21H26N6S. The molecule has 3 aromatic rings. The van der Waals surface area contributed by atoms with Gasteiger partial charge in [-0.15, -0.1) is 0 Å². The van der Waals surface area contributed by atoms with Crippen LogP contribution in [0.2, 0.25) is 0 Å². The predicted molar refractivity (Wildman–Crippen MR) is 116 cm³/mol. The van der Waals surface area contributed by atoms with Crippen LogP contribution in [-0.4, -0.2) is 27.5 Å². The Morgan fingerprint density at radius 2 is 2.00 bits per heavy atom. The Kier molecular flexibility index (Phi) is 3.81. The van der Waals surface area contributed by atoms with Crippen LogP contribution in [0.5, 0.6) is 0 Å². The van der Waals surface area contributed by atoms with Crippen LogP contribution in [0.15, 0.2) is 30.6 Å². The third-order valence-corrected chi connectivity index (χ3v) is 7.02. The summed E-state index contributed by atoms with van der Waals surface area (Å²) < 4.78 is 1.14. The summed E-state index contributed by atoms with van der Waals surface area (Å²) in [5, 5.41) is 4.11. The summed E-state index contributed by atoms with van der Waals surface area (Å²) >= 11 is 1.60. The molecule has 2 bridgehead atoms. The Labute approximate surface area is 169 Å². The molecule has 0 spiro atoms. The molecule has 2 aliphatic rings. The molecule has 1 aliphatic carbocycles. The first-order valence-corrected chi connectivity index (χ1v) is 10.6. The number of nitrogens with one attached hydrogen (secondary N) is 1. The normalized spacial score (nSPS) is 26.0. The maximum Gasteiger partial charge on any atom is 0.189 e. The molecule has 28 heavy (non-hydrogen) atoms. The van der Waals surface area contributed by atoms with E-state index in [0.29, 0.717) is 28.4 Å². The van der Waals surface area contributed by atoms with Crippen LogP contribution in [-0.2, 0) is 0 Å². The summed E-state index contributed by atoms with van der Waals surface area (Å²) in [6.07, 6.45) is 5.24. The van der Waals surface area contributed by atoms with E-state index in [1.165, 1.54) is 19.3 Å². The van der Waals surface area contributed by atoms with Crippen LogP contribution >= 0.6 is 11.3 Å². The minimum absolute atomic E-state index is 0.324. The van der Waals surface area contributed by atoms with Crippen LogP contribution in [0.1, 0.15) is 40.0 Å². The Hall–Kier alpha value is -2.41. The lowest BCUT2D eigenvalue weighted by Gasteiger charge is -2.39. The van der Waals surface area contributed by atoms with E-state index < -0.39 is 0 Å². The van der Waals surface area contributed by atoms with E-state index in [1.807, 2.05) is 18.2 Å². The van der Waals surface area contributed by atoms with Crippen molar-refractivity contribution in [2.45, 2.75) is 46.1 Å². The zero-order valence-corrected chi connectivity index (χ0v) is 17.4. The van der Waals surface area contributed by atoms with Crippen molar-refractivity contribution in [1.82, 2.24) is 15.0 Å². The maximum absolute atomic E-state index is 6.55. The summed E-state index contributed by atoms with van der Waals surface area (Å²) in [5.74, 6) is 1.49. The minimum atomic E-state index is 0.324. The van der Waals surface area contributed by atoms with Crippen LogP contribution in [0.3, 0.4) is 0 Å². The molecule has 1 aromatic carbocycles. The van der Waals surface area contributed by atoms with Crippen molar-refractivity contribution in [3.63, 3.8) is 0 Å². The zero-order chi connectivity index (χ0) is 19.5. The molecule has 1 saturated heterocycles. The van der Waals surface area contributed by atoms with Gasteiger partial charge in [-0.25, -0.2) is 15.0 Å². The van der Waals surface area contributed by atoms with E-state index in [9.17, 15) is 0 Å². The van der Waals surface area contributed by atoms with Crippen LogP contribution in [0, 0.1) is 10.8 Å². The molecule has 1 aliphatic heterocycles. The van der Waals surface area contributed by atoms with Gasteiger partial charge in [-0.2, -0.15) is 0 Å². The number of benzene rings is 1. The third-order valence-electron chi connectivity index (χ3n) is 6.07. The van der Waals surface area contributed by atoms with Gasteiger partial charge in [0.05, 0.1) is 10.2 Å². The number of thiazole rings is 1. The third kappa shape index (κ3) is 2.98. The number of anilines is 4. The SMILES string of the molecule is CC1(C)CC2CC(C)(CN2c2ncnc(Nc3nc4ccccc4s3)c2N)C1. The molecule has 3 N–H and O–H groups in total. The van der Waals surface area contributed by atoms with Crippen LogP contribution in [0.25, 0.3) is 10.2 Å². The number of rotatable bonds is 3. The van der Waals surface area contributed by atoms with E-state index >= 15 is 0 Å². The summed E-state index contributed by atoms with van der Waals surface area (Å²) in [6, 6.07) is 8.59. The topological polar surface area (TPSA) is 80.0 Å². The number of nitrogens with two attached hydrogens (primary N) is 1. The van der Waals surface area contributed by atoms with Gasteiger partial charge < -0.3 is 16.0 Å². The molecule has 2 unspecified atom stereocenters. The number of hydrogen-bond acceptors (Lipinski definition) is 7. The van der Waals surface area contributed by atoms with Gasteiger partial charge in [0, 0.05) is 12.6 Å². The highest BCUT2D eigenvalue weighted by atomic mass is 32.1. The average Bonchev–Trinajstić information content (AvgIpc) is 3.13. The van der Waals surface area contributed by atoms with Gasteiger partial charge in [0.15, 0.2) is 16.8 Å². The van der Waals surface area contributed by atoms with Crippen molar-refractivity contribution < 1.29 is 0 Å². The van der Waals surface area contributed by atoms with Crippen molar-refractivity contribution in [3.8, 4) is 0 Å².